The summed E-state index contributed by atoms with van der Waals surface area (Å²) in [6.07, 6.45) is 71.2. The quantitative estimate of drug-likeness (QED) is 0.0424. The van der Waals surface area contributed by atoms with Gasteiger partial charge in [-0.1, -0.05) is 240 Å². The van der Waals surface area contributed by atoms with Crippen molar-refractivity contribution in [2.24, 2.45) is 0 Å². The number of allylic oxidation sites excluding steroid dienone is 14. The zero-order valence-electron chi connectivity index (χ0n) is 38.3. The summed E-state index contributed by atoms with van der Waals surface area (Å²) in [5.74, 6) is -0.0363. The van der Waals surface area contributed by atoms with Gasteiger partial charge < -0.3 is 15.5 Å². The molecule has 334 valence electrons. The summed E-state index contributed by atoms with van der Waals surface area (Å²) >= 11 is 0. The maximum atomic E-state index is 12.4. The lowest BCUT2D eigenvalue weighted by Crippen LogP contribution is -2.45. The highest BCUT2D eigenvalue weighted by atomic mass is 16.3. The monoisotopic (exact) mass is 806 g/mol. The smallest absolute Gasteiger partial charge is 0.220 e. The van der Waals surface area contributed by atoms with Gasteiger partial charge >= 0.3 is 0 Å². The van der Waals surface area contributed by atoms with Gasteiger partial charge in [0.1, 0.15) is 0 Å². The lowest BCUT2D eigenvalue weighted by atomic mass is 10.0. The number of nitrogens with one attached hydrogen (secondary N) is 1. The molecule has 0 aromatic heterocycles. The average Bonchev–Trinajstić information content (AvgIpc) is 3.23. The van der Waals surface area contributed by atoms with Gasteiger partial charge in [0.25, 0.3) is 0 Å². The predicted octanol–water partition coefficient (Wildman–Crippen LogP) is 16.0. The number of carbonyl (C=O) groups excluding carboxylic acids is 1. The van der Waals surface area contributed by atoms with E-state index in [1.807, 2.05) is 0 Å². The van der Waals surface area contributed by atoms with Crippen LogP contribution in [-0.2, 0) is 4.79 Å². The fraction of sp³-hybridized carbons (Fsp3) is 0.722. The first-order valence-electron chi connectivity index (χ1n) is 24.8. The van der Waals surface area contributed by atoms with Crippen LogP contribution >= 0.6 is 0 Å². The first-order chi connectivity index (χ1) is 28.7. The van der Waals surface area contributed by atoms with E-state index in [1.165, 1.54) is 135 Å². The number of carbonyl (C=O) groups is 1. The second-order valence-electron chi connectivity index (χ2n) is 16.5. The van der Waals surface area contributed by atoms with Crippen LogP contribution in [0.3, 0.4) is 0 Å². The Balaban J connectivity index is 3.48. The Kier molecular flexibility index (Phi) is 46.9. The molecule has 0 aliphatic heterocycles. The van der Waals surface area contributed by atoms with Gasteiger partial charge in [0.15, 0.2) is 0 Å². The van der Waals surface area contributed by atoms with Crippen LogP contribution in [0.25, 0.3) is 0 Å². The number of amides is 1. The third kappa shape index (κ3) is 44.7. The minimum absolute atomic E-state index is 0.0363. The lowest BCUT2D eigenvalue weighted by Gasteiger charge is -2.22. The van der Waals surface area contributed by atoms with E-state index in [-0.39, 0.29) is 12.5 Å². The van der Waals surface area contributed by atoms with E-state index in [1.54, 1.807) is 0 Å². The molecule has 0 rings (SSSR count). The van der Waals surface area contributed by atoms with E-state index in [0.717, 1.165) is 70.6 Å². The van der Waals surface area contributed by atoms with Crippen LogP contribution in [0, 0.1) is 0 Å². The Bertz CT molecular complexity index is 1050. The summed E-state index contributed by atoms with van der Waals surface area (Å²) < 4.78 is 0. The summed E-state index contributed by atoms with van der Waals surface area (Å²) in [6.45, 7) is 4.22. The molecule has 1 amide bonds. The summed E-state index contributed by atoms with van der Waals surface area (Å²) in [7, 11) is 0. The van der Waals surface area contributed by atoms with E-state index < -0.39 is 12.1 Å². The summed E-state index contributed by atoms with van der Waals surface area (Å²) in [6, 6.07) is -0.537. The fourth-order valence-corrected chi connectivity index (χ4v) is 7.16. The minimum Gasteiger partial charge on any atom is -0.394 e. The Morgan fingerprint density at radius 3 is 1.14 bits per heavy atom. The first-order valence-corrected chi connectivity index (χ1v) is 24.8. The predicted molar refractivity (Wildman–Crippen MR) is 257 cm³/mol. The molecule has 0 radical (unpaired) electrons. The van der Waals surface area contributed by atoms with Gasteiger partial charge in [-0.15, -0.1) is 0 Å². The van der Waals surface area contributed by atoms with Crippen molar-refractivity contribution in [2.75, 3.05) is 6.61 Å². The zero-order valence-corrected chi connectivity index (χ0v) is 38.3. The Labute approximate surface area is 361 Å². The molecule has 0 fully saturated rings. The molecule has 3 N–H and O–H groups in total. The van der Waals surface area contributed by atoms with Crippen molar-refractivity contribution in [1.29, 1.82) is 0 Å². The third-order valence-corrected chi connectivity index (χ3v) is 10.9. The van der Waals surface area contributed by atoms with Crippen molar-refractivity contribution in [3.63, 3.8) is 0 Å². The van der Waals surface area contributed by atoms with Crippen LogP contribution in [0.15, 0.2) is 85.1 Å². The van der Waals surface area contributed by atoms with Crippen molar-refractivity contribution in [2.45, 2.75) is 244 Å². The highest BCUT2D eigenvalue weighted by molar-refractivity contribution is 5.76. The van der Waals surface area contributed by atoms with E-state index in [2.05, 4.69) is 104 Å². The van der Waals surface area contributed by atoms with Gasteiger partial charge in [0.05, 0.1) is 18.8 Å². The first kappa shape index (κ1) is 55.6. The zero-order chi connectivity index (χ0) is 42.1. The number of rotatable bonds is 44. The highest BCUT2D eigenvalue weighted by Gasteiger charge is 2.20. The number of hydrogen-bond donors (Lipinski definition) is 3. The van der Waals surface area contributed by atoms with Crippen LogP contribution in [0.5, 0.6) is 0 Å². The van der Waals surface area contributed by atoms with Gasteiger partial charge in [-0.05, 0) is 70.6 Å². The second-order valence-corrected chi connectivity index (χ2v) is 16.5. The molecule has 0 heterocycles. The molecule has 4 heteroatoms. The third-order valence-electron chi connectivity index (χ3n) is 10.9. The lowest BCUT2D eigenvalue weighted by molar-refractivity contribution is -0.123. The SMILES string of the molecule is CC/C=C\C/C=C\C/C=C\C/C=C\C/C=C\C/C=C\C/C=C\CCCCCCCCCCCCCCCCCC(=O)NC(CO)C(O)CCCCCCCCCCC. The Morgan fingerprint density at radius 2 is 0.759 bits per heavy atom. The molecule has 0 bridgehead atoms. The maximum Gasteiger partial charge on any atom is 0.220 e. The number of aliphatic hydroxyl groups is 2. The topological polar surface area (TPSA) is 69.6 Å². The normalized spacial score (nSPS) is 13.7. The molecule has 0 spiro atoms. The molecule has 2 atom stereocenters. The van der Waals surface area contributed by atoms with Crippen molar-refractivity contribution < 1.29 is 15.0 Å². The van der Waals surface area contributed by atoms with Gasteiger partial charge in [0, 0.05) is 6.42 Å². The number of unbranched alkanes of at least 4 members (excludes halogenated alkanes) is 23. The van der Waals surface area contributed by atoms with Crippen LogP contribution in [0.1, 0.15) is 232 Å². The van der Waals surface area contributed by atoms with E-state index in [0.29, 0.717) is 12.8 Å². The molecule has 4 nitrogen and oxygen atoms in total. The van der Waals surface area contributed by atoms with Crippen LogP contribution < -0.4 is 5.32 Å². The van der Waals surface area contributed by atoms with Gasteiger partial charge in [-0.2, -0.15) is 0 Å². The van der Waals surface area contributed by atoms with Crippen molar-refractivity contribution in [1.82, 2.24) is 5.32 Å². The molecule has 0 aliphatic rings. The van der Waals surface area contributed by atoms with E-state index in [4.69, 9.17) is 0 Å². The van der Waals surface area contributed by atoms with Crippen LogP contribution in [0.4, 0.5) is 0 Å². The Hall–Kier alpha value is -2.43. The van der Waals surface area contributed by atoms with Crippen LogP contribution in [0.2, 0.25) is 0 Å². The van der Waals surface area contributed by atoms with E-state index >= 15 is 0 Å². The largest absolute Gasteiger partial charge is 0.394 e. The second kappa shape index (κ2) is 48.9. The van der Waals surface area contributed by atoms with Crippen molar-refractivity contribution in [3.05, 3.63) is 85.1 Å². The van der Waals surface area contributed by atoms with E-state index in [9.17, 15) is 15.0 Å². The molecule has 0 aliphatic carbocycles. The standard InChI is InChI=1S/C54H95NO3/c1-3-5-7-9-11-13-14-15-16-17-18-19-20-21-22-23-24-25-26-27-28-29-30-31-32-33-34-35-36-37-38-39-40-42-44-46-48-50-54(58)55-52(51-56)53(57)49-47-45-43-41-12-10-8-6-4-2/h5,7,11,13,15-16,18-19,21-22,24-25,27-28,52-53,56-57H,3-4,6,8-10,12,14,17,20,23,26,29-51H2,1-2H3,(H,55,58)/b7-5-,13-11-,16-15-,19-18-,22-21-,25-24-,28-27-. The average molecular weight is 806 g/mol. The molecule has 0 saturated carbocycles. The molecular weight excluding hydrogens is 711 g/mol. The van der Waals surface area contributed by atoms with Gasteiger partial charge in [0.2, 0.25) is 5.91 Å². The summed E-state index contributed by atoms with van der Waals surface area (Å²) in [5, 5.41) is 23.1. The summed E-state index contributed by atoms with van der Waals surface area (Å²) in [5.41, 5.74) is 0. The molecule has 0 saturated heterocycles. The number of aliphatic hydroxyl groups excluding tert-OH is 2. The van der Waals surface area contributed by atoms with Gasteiger partial charge in [-0.25, -0.2) is 0 Å². The Morgan fingerprint density at radius 1 is 0.431 bits per heavy atom. The maximum absolute atomic E-state index is 12.4. The fourth-order valence-electron chi connectivity index (χ4n) is 7.16. The molecule has 2 unspecified atom stereocenters. The van der Waals surface area contributed by atoms with Crippen LogP contribution in [-0.4, -0.2) is 34.9 Å². The molecule has 58 heavy (non-hydrogen) atoms. The number of hydrogen-bond acceptors (Lipinski definition) is 3. The van der Waals surface area contributed by atoms with Crippen molar-refractivity contribution in [3.8, 4) is 0 Å². The molecular formula is C54H95NO3. The molecule has 0 aromatic carbocycles. The summed E-state index contributed by atoms with van der Waals surface area (Å²) in [4.78, 5) is 12.4. The minimum atomic E-state index is -0.660. The highest BCUT2D eigenvalue weighted by Crippen LogP contribution is 2.16. The molecule has 0 aromatic rings. The van der Waals surface area contributed by atoms with Gasteiger partial charge in [-0.3, -0.25) is 4.79 Å². The van der Waals surface area contributed by atoms with Crippen molar-refractivity contribution >= 4 is 5.91 Å².